The van der Waals surface area contributed by atoms with Crippen LogP contribution in [0.2, 0.25) is 0 Å². The number of aliphatic hydroxyl groups excluding tert-OH is 1. The summed E-state index contributed by atoms with van der Waals surface area (Å²) in [6.07, 6.45) is 3.46. The summed E-state index contributed by atoms with van der Waals surface area (Å²) in [5.74, 6) is 0. The van der Waals surface area contributed by atoms with E-state index in [-0.39, 0.29) is 0 Å². The summed E-state index contributed by atoms with van der Waals surface area (Å²) in [6, 6.07) is 7.56. The number of aryl methyl sites for hydroxylation is 2. The van der Waals surface area contributed by atoms with Crippen molar-refractivity contribution in [3.8, 4) is 0 Å². The zero-order chi connectivity index (χ0) is 14.5. The van der Waals surface area contributed by atoms with Gasteiger partial charge in [-0.05, 0) is 52.3 Å². The smallest absolute Gasteiger partial charge is 0.0586 e. The number of nitrogens with zero attached hydrogens (tertiary/aromatic N) is 1. The molecule has 0 aromatic heterocycles. The lowest BCUT2D eigenvalue weighted by molar-refractivity contribution is 0.154. The Morgan fingerprint density at radius 2 is 2.00 bits per heavy atom. The second-order valence-corrected chi connectivity index (χ2v) is 6.07. The summed E-state index contributed by atoms with van der Waals surface area (Å²) < 4.78 is 0. The summed E-state index contributed by atoms with van der Waals surface area (Å²) in [6.45, 7) is 6.81. The molecule has 2 atom stereocenters. The van der Waals surface area contributed by atoms with Gasteiger partial charge in [0.1, 0.15) is 0 Å². The number of hydrogen-bond donors (Lipinski definition) is 2. The zero-order valence-corrected chi connectivity index (χ0v) is 13.0. The Morgan fingerprint density at radius 1 is 1.30 bits per heavy atom. The summed E-state index contributed by atoms with van der Waals surface area (Å²) in [7, 11) is 2.04. The van der Waals surface area contributed by atoms with E-state index in [9.17, 15) is 5.11 Å². The van der Waals surface area contributed by atoms with Gasteiger partial charge < -0.3 is 10.4 Å². The topological polar surface area (TPSA) is 35.5 Å². The van der Waals surface area contributed by atoms with Crippen molar-refractivity contribution in [3.63, 3.8) is 0 Å². The normalized spacial score (nSPS) is 21.3. The average Bonchev–Trinajstić information content (AvgIpc) is 2.86. The molecular weight excluding hydrogens is 248 g/mol. The van der Waals surface area contributed by atoms with Crippen molar-refractivity contribution < 1.29 is 5.11 Å². The highest BCUT2D eigenvalue weighted by atomic mass is 16.3. The third kappa shape index (κ3) is 3.81. The minimum atomic E-state index is 0.299. The molecule has 20 heavy (non-hydrogen) atoms. The van der Waals surface area contributed by atoms with Crippen LogP contribution in [0.1, 0.15) is 42.0 Å². The number of nitrogens with one attached hydrogen (secondary N) is 1. The largest absolute Gasteiger partial charge is 0.395 e. The highest BCUT2D eigenvalue weighted by Crippen LogP contribution is 2.23. The Kier molecular flexibility index (Phi) is 5.58. The van der Waals surface area contributed by atoms with Gasteiger partial charge in [-0.25, -0.2) is 0 Å². The first-order chi connectivity index (χ1) is 9.63. The molecule has 3 nitrogen and oxygen atoms in total. The fourth-order valence-electron chi connectivity index (χ4n) is 3.38. The molecule has 1 saturated heterocycles. The van der Waals surface area contributed by atoms with E-state index in [1.165, 1.54) is 23.1 Å². The third-order valence-corrected chi connectivity index (χ3v) is 4.41. The van der Waals surface area contributed by atoms with Crippen LogP contribution in [0.3, 0.4) is 0 Å². The number of rotatable bonds is 6. The standard InChI is InChI=1S/C17H28N2O/c1-13-9-14(2)11-15(10-13)17(18-3)6-8-19-7-4-5-16(19)12-20/h9-11,16-18,20H,4-8,12H2,1-3H3. The lowest BCUT2D eigenvalue weighted by Gasteiger charge is -2.26. The summed E-state index contributed by atoms with van der Waals surface area (Å²) in [5, 5.41) is 12.8. The maximum Gasteiger partial charge on any atom is 0.0586 e. The molecule has 0 spiro atoms. The first-order valence-corrected chi connectivity index (χ1v) is 7.74. The quantitative estimate of drug-likeness (QED) is 0.837. The van der Waals surface area contributed by atoms with Gasteiger partial charge in [0.15, 0.2) is 0 Å². The van der Waals surface area contributed by atoms with Crippen molar-refractivity contribution in [3.05, 3.63) is 34.9 Å². The molecule has 2 unspecified atom stereocenters. The monoisotopic (exact) mass is 276 g/mol. The van der Waals surface area contributed by atoms with Crippen LogP contribution in [0.4, 0.5) is 0 Å². The second-order valence-electron chi connectivity index (χ2n) is 6.07. The fraction of sp³-hybridized carbons (Fsp3) is 0.647. The van der Waals surface area contributed by atoms with Crippen molar-refractivity contribution in [2.75, 3.05) is 26.7 Å². The Hall–Kier alpha value is -0.900. The average molecular weight is 276 g/mol. The van der Waals surface area contributed by atoms with Crippen LogP contribution in [-0.2, 0) is 0 Å². The van der Waals surface area contributed by atoms with E-state index in [0.717, 1.165) is 25.9 Å². The Bertz CT molecular complexity index is 413. The lowest BCUT2D eigenvalue weighted by Crippen LogP contribution is -2.34. The maximum absolute atomic E-state index is 9.39. The van der Waals surface area contributed by atoms with Crippen molar-refractivity contribution in [1.82, 2.24) is 10.2 Å². The fourth-order valence-corrected chi connectivity index (χ4v) is 3.38. The maximum atomic E-state index is 9.39. The van der Waals surface area contributed by atoms with Gasteiger partial charge in [0.2, 0.25) is 0 Å². The summed E-state index contributed by atoms with van der Waals surface area (Å²) in [4.78, 5) is 2.44. The van der Waals surface area contributed by atoms with Crippen LogP contribution in [0, 0.1) is 13.8 Å². The first kappa shape index (κ1) is 15.5. The molecule has 0 amide bonds. The molecule has 0 saturated carbocycles. The highest BCUT2D eigenvalue weighted by molar-refractivity contribution is 5.30. The van der Waals surface area contributed by atoms with E-state index in [0.29, 0.717) is 18.7 Å². The Labute approximate surface area is 123 Å². The molecule has 2 rings (SSSR count). The molecule has 0 aliphatic carbocycles. The van der Waals surface area contributed by atoms with E-state index in [4.69, 9.17) is 0 Å². The molecule has 0 bridgehead atoms. The first-order valence-electron chi connectivity index (χ1n) is 7.74. The van der Waals surface area contributed by atoms with Gasteiger partial charge in [0.25, 0.3) is 0 Å². The van der Waals surface area contributed by atoms with Crippen LogP contribution in [0.25, 0.3) is 0 Å². The molecule has 1 fully saturated rings. The Morgan fingerprint density at radius 3 is 2.60 bits per heavy atom. The van der Waals surface area contributed by atoms with Crippen LogP contribution in [0.5, 0.6) is 0 Å². The van der Waals surface area contributed by atoms with Gasteiger partial charge in [-0.2, -0.15) is 0 Å². The predicted molar refractivity (Wildman–Crippen MR) is 84.0 cm³/mol. The number of likely N-dealkylation sites (tertiary alicyclic amines) is 1. The number of aliphatic hydroxyl groups is 1. The van der Waals surface area contributed by atoms with Gasteiger partial charge in [0, 0.05) is 18.6 Å². The predicted octanol–water partition coefficient (Wildman–Crippen LogP) is 2.41. The molecule has 1 aliphatic heterocycles. The highest BCUT2D eigenvalue weighted by Gasteiger charge is 2.24. The molecule has 112 valence electrons. The van der Waals surface area contributed by atoms with Crippen LogP contribution in [0.15, 0.2) is 18.2 Å². The van der Waals surface area contributed by atoms with E-state index in [2.05, 4.69) is 42.3 Å². The number of hydrogen-bond acceptors (Lipinski definition) is 3. The van der Waals surface area contributed by atoms with Crippen LogP contribution in [-0.4, -0.2) is 42.8 Å². The van der Waals surface area contributed by atoms with E-state index in [1.807, 2.05) is 7.05 Å². The number of benzene rings is 1. The van der Waals surface area contributed by atoms with E-state index < -0.39 is 0 Å². The van der Waals surface area contributed by atoms with Crippen molar-refractivity contribution in [2.45, 2.75) is 45.2 Å². The van der Waals surface area contributed by atoms with Crippen molar-refractivity contribution in [1.29, 1.82) is 0 Å². The van der Waals surface area contributed by atoms with Gasteiger partial charge in [0.05, 0.1) is 6.61 Å². The van der Waals surface area contributed by atoms with E-state index >= 15 is 0 Å². The minimum absolute atomic E-state index is 0.299. The molecule has 1 aromatic carbocycles. The summed E-state index contributed by atoms with van der Waals surface area (Å²) in [5.41, 5.74) is 4.04. The van der Waals surface area contributed by atoms with Crippen molar-refractivity contribution in [2.24, 2.45) is 0 Å². The van der Waals surface area contributed by atoms with Gasteiger partial charge in [-0.15, -0.1) is 0 Å². The molecule has 2 N–H and O–H groups in total. The van der Waals surface area contributed by atoms with Gasteiger partial charge in [-0.3, -0.25) is 4.90 Å². The summed E-state index contributed by atoms with van der Waals surface area (Å²) >= 11 is 0. The molecule has 1 heterocycles. The van der Waals surface area contributed by atoms with Crippen LogP contribution >= 0.6 is 0 Å². The lowest BCUT2D eigenvalue weighted by atomic mass is 9.99. The molecule has 3 heteroatoms. The van der Waals surface area contributed by atoms with Gasteiger partial charge in [-0.1, -0.05) is 29.3 Å². The molecular formula is C17H28N2O. The Balaban J connectivity index is 1.98. The van der Waals surface area contributed by atoms with Crippen LogP contribution < -0.4 is 5.32 Å². The minimum Gasteiger partial charge on any atom is -0.395 e. The van der Waals surface area contributed by atoms with Gasteiger partial charge >= 0.3 is 0 Å². The zero-order valence-electron chi connectivity index (χ0n) is 13.0. The molecule has 1 aromatic rings. The molecule has 0 radical (unpaired) electrons. The SMILES string of the molecule is CNC(CCN1CCCC1CO)c1cc(C)cc(C)c1. The second kappa shape index (κ2) is 7.21. The third-order valence-electron chi connectivity index (χ3n) is 4.41. The molecule has 1 aliphatic rings. The van der Waals surface area contributed by atoms with E-state index in [1.54, 1.807) is 0 Å². The van der Waals surface area contributed by atoms with Crippen molar-refractivity contribution >= 4 is 0 Å².